The van der Waals surface area contributed by atoms with E-state index in [2.05, 4.69) is 26.7 Å². The molecule has 0 bridgehead atoms. The summed E-state index contributed by atoms with van der Waals surface area (Å²) in [5.41, 5.74) is 2.66. The number of aromatic nitrogens is 2. The summed E-state index contributed by atoms with van der Waals surface area (Å²) in [4.78, 5) is 49.8. The Morgan fingerprint density at radius 3 is 2.90 bits per heavy atom. The van der Waals surface area contributed by atoms with Crippen LogP contribution in [0.5, 0.6) is 0 Å². The third-order valence-electron chi connectivity index (χ3n) is 6.58. The van der Waals surface area contributed by atoms with Crippen molar-refractivity contribution in [3.63, 3.8) is 0 Å². The molecule has 1 atom stereocenters. The third-order valence-corrected chi connectivity index (χ3v) is 7.19. The molecule has 1 unspecified atom stereocenters. The first-order valence-corrected chi connectivity index (χ1v) is 13.9. The van der Waals surface area contributed by atoms with Crippen molar-refractivity contribution in [2.75, 3.05) is 60.9 Å². The van der Waals surface area contributed by atoms with E-state index in [9.17, 15) is 19.6 Å². The number of aldehydes is 1. The summed E-state index contributed by atoms with van der Waals surface area (Å²) in [7, 11) is 1.71. The van der Waals surface area contributed by atoms with Crippen molar-refractivity contribution in [3.8, 4) is 6.07 Å². The van der Waals surface area contributed by atoms with Crippen LogP contribution in [0.2, 0.25) is 0 Å². The molecule has 2 N–H and O–H groups in total. The molecule has 4 heterocycles. The molecule has 11 nitrogen and oxygen atoms in total. The zero-order valence-corrected chi connectivity index (χ0v) is 23.6. The van der Waals surface area contributed by atoms with Gasteiger partial charge in [0.25, 0.3) is 0 Å². The highest BCUT2D eigenvalue weighted by molar-refractivity contribution is 7.98. The smallest absolute Gasteiger partial charge is 0.328 e. The van der Waals surface area contributed by atoms with Gasteiger partial charge in [0.1, 0.15) is 23.4 Å². The monoisotopic (exact) mass is 573 g/mol. The molecule has 3 amide bonds. The number of hydrogen-bond acceptors (Lipinski definition) is 9. The Morgan fingerprint density at radius 1 is 1.38 bits per heavy atom. The second-order valence-electron chi connectivity index (χ2n) is 9.22. The lowest BCUT2D eigenvalue weighted by Crippen LogP contribution is -2.40. The fraction of sp³-hybridized carbons (Fsp3) is 0.462. The first-order chi connectivity index (χ1) is 18.4. The molecule has 2 aromatic heterocycles. The van der Waals surface area contributed by atoms with Crippen molar-refractivity contribution >= 4 is 59.7 Å². The van der Waals surface area contributed by atoms with Crippen LogP contribution in [0.3, 0.4) is 0 Å². The summed E-state index contributed by atoms with van der Waals surface area (Å²) < 4.78 is 5.33. The summed E-state index contributed by atoms with van der Waals surface area (Å²) in [5.74, 6) is 1.41. The number of anilines is 3. The van der Waals surface area contributed by atoms with Crippen molar-refractivity contribution in [2.24, 2.45) is 5.92 Å². The lowest BCUT2D eigenvalue weighted by atomic mass is 10.0. The third kappa shape index (κ3) is 7.17. The molecule has 1 fully saturated rings. The fourth-order valence-corrected chi connectivity index (χ4v) is 4.89. The van der Waals surface area contributed by atoms with Crippen molar-refractivity contribution in [3.05, 3.63) is 40.7 Å². The number of carbonyl (C=O) groups excluding carboxylic acids is 3. The van der Waals surface area contributed by atoms with Gasteiger partial charge in [-0.05, 0) is 37.1 Å². The normalized spacial score (nSPS) is 15.9. The number of nitrogens with one attached hydrogen (secondary N) is 2. The Hall–Kier alpha value is -3.40. The van der Waals surface area contributed by atoms with E-state index in [1.165, 1.54) is 11.1 Å². The Labute approximate surface area is 238 Å². The van der Waals surface area contributed by atoms with E-state index in [4.69, 9.17) is 4.74 Å². The van der Waals surface area contributed by atoms with Crippen LogP contribution in [0.1, 0.15) is 40.0 Å². The quantitative estimate of drug-likeness (QED) is 0.341. The SMILES string of the molecule is CSCCNc1cc(NC(=O)N2CCCc3cc(CN(C)C(=O)C4CCOC4)c(C=O)nc32)ncc1C#N.Cl. The number of urea groups is 1. The lowest BCUT2D eigenvalue weighted by molar-refractivity contribution is -0.134. The minimum absolute atomic E-state index is 0. The van der Waals surface area contributed by atoms with Gasteiger partial charge in [-0.15, -0.1) is 12.4 Å². The van der Waals surface area contributed by atoms with Crippen LogP contribution in [0, 0.1) is 17.2 Å². The molecule has 13 heteroatoms. The second kappa shape index (κ2) is 14.1. The molecule has 4 rings (SSSR count). The van der Waals surface area contributed by atoms with Crippen LogP contribution < -0.4 is 15.5 Å². The molecule has 0 radical (unpaired) electrons. The number of carbonyl (C=O) groups is 3. The van der Waals surface area contributed by atoms with Crippen molar-refractivity contribution in [1.29, 1.82) is 5.26 Å². The highest BCUT2D eigenvalue weighted by Gasteiger charge is 2.29. The van der Waals surface area contributed by atoms with E-state index in [0.29, 0.717) is 73.9 Å². The minimum Gasteiger partial charge on any atom is -0.383 e. The Balaban J connectivity index is 0.00000420. The number of aryl methyl sites for hydroxylation is 1. The number of halogens is 1. The van der Waals surface area contributed by atoms with E-state index in [-0.39, 0.29) is 36.5 Å². The molecular formula is C26H32ClN7O4S. The largest absolute Gasteiger partial charge is 0.383 e. The second-order valence-corrected chi connectivity index (χ2v) is 10.2. The average Bonchev–Trinajstić information content (AvgIpc) is 3.47. The molecule has 1 saturated heterocycles. The van der Waals surface area contributed by atoms with Gasteiger partial charge in [0.15, 0.2) is 6.29 Å². The Bertz CT molecular complexity index is 1250. The summed E-state index contributed by atoms with van der Waals surface area (Å²) in [6.07, 6.45) is 6.19. The maximum absolute atomic E-state index is 13.2. The summed E-state index contributed by atoms with van der Waals surface area (Å²) in [5, 5.41) is 15.4. The molecule has 0 saturated carbocycles. The zero-order chi connectivity index (χ0) is 27.1. The predicted octanol–water partition coefficient (Wildman–Crippen LogP) is 3.34. The van der Waals surface area contributed by atoms with E-state index >= 15 is 0 Å². The summed E-state index contributed by atoms with van der Waals surface area (Å²) >= 11 is 1.68. The number of thioether (sulfide) groups is 1. The van der Waals surface area contributed by atoms with E-state index < -0.39 is 6.03 Å². The van der Waals surface area contributed by atoms with Gasteiger partial charge in [0, 0.05) is 56.9 Å². The van der Waals surface area contributed by atoms with Gasteiger partial charge in [-0.1, -0.05) is 0 Å². The standard InChI is InChI=1S/C26H31N7O4S.ClH/c1-32(25(35)18-5-8-37-16-18)14-19-10-17-4-3-7-33(24(17)30-22(19)15-34)26(36)31-23-11-21(28-6-9-38-2)20(12-27)13-29-23;/h10-11,13,15,18H,3-9,14,16H2,1-2H3,(H2,28,29,31,36);1H. The van der Waals surface area contributed by atoms with Gasteiger partial charge in [-0.2, -0.15) is 17.0 Å². The fourth-order valence-electron chi connectivity index (χ4n) is 4.58. The van der Waals surface area contributed by atoms with Gasteiger partial charge in [-0.25, -0.2) is 14.8 Å². The van der Waals surface area contributed by atoms with E-state index in [1.54, 1.807) is 29.8 Å². The number of amides is 3. The Morgan fingerprint density at radius 2 is 2.21 bits per heavy atom. The van der Waals surface area contributed by atoms with E-state index in [0.717, 1.165) is 17.7 Å². The van der Waals surface area contributed by atoms with Gasteiger partial charge in [-0.3, -0.25) is 19.8 Å². The minimum atomic E-state index is -0.427. The van der Waals surface area contributed by atoms with Crippen LogP contribution >= 0.6 is 24.2 Å². The molecule has 0 aromatic carbocycles. The molecular weight excluding hydrogens is 542 g/mol. The van der Waals surface area contributed by atoms with Crippen molar-refractivity contribution < 1.29 is 19.1 Å². The lowest BCUT2D eigenvalue weighted by Gasteiger charge is -2.29. The molecule has 2 aliphatic rings. The molecule has 39 heavy (non-hydrogen) atoms. The molecule has 2 aromatic rings. The highest BCUT2D eigenvalue weighted by atomic mass is 35.5. The van der Waals surface area contributed by atoms with Gasteiger partial charge < -0.3 is 15.0 Å². The van der Waals surface area contributed by atoms with Crippen LogP contribution in [0.4, 0.5) is 22.1 Å². The number of pyridine rings is 2. The van der Waals surface area contributed by atoms with Crippen molar-refractivity contribution in [1.82, 2.24) is 14.9 Å². The maximum atomic E-state index is 13.2. The molecule has 0 spiro atoms. The van der Waals surface area contributed by atoms with Gasteiger partial charge in [0.2, 0.25) is 5.91 Å². The first-order valence-electron chi connectivity index (χ1n) is 12.5. The number of hydrogen-bond donors (Lipinski definition) is 2. The average molecular weight is 574 g/mol. The first kappa shape index (κ1) is 30.1. The number of fused-ring (bicyclic) bond motifs is 1. The topological polar surface area (TPSA) is 141 Å². The van der Waals surface area contributed by atoms with Crippen LogP contribution in [-0.4, -0.2) is 78.5 Å². The summed E-state index contributed by atoms with van der Waals surface area (Å²) in [6, 6.07) is 5.18. The Kier molecular flexibility index (Phi) is 10.9. The zero-order valence-electron chi connectivity index (χ0n) is 21.9. The van der Waals surface area contributed by atoms with Crippen LogP contribution in [0.15, 0.2) is 18.3 Å². The van der Waals surface area contributed by atoms with E-state index in [1.807, 2.05) is 12.3 Å². The number of nitrogens with zero attached hydrogens (tertiary/aromatic N) is 5. The maximum Gasteiger partial charge on any atom is 0.328 e. The highest BCUT2D eigenvalue weighted by Crippen LogP contribution is 2.29. The van der Waals surface area contributed by atoms with Crippen LogP contribution in [-0.2, 0) is 22.5 Å². The molecule has 208 valence electrons. The number of nitriles is 1. The van der Waals surface area contributed by atoms with Gasteiger partial charge in [0.05, 0.1) is 23.8 Å². The van der Waals surface area contributed by atoms with Crippen molar-refractivity contribution in [2.45, 2.75) is 25.8 Å². The predicted molar refractivity (Wildman–Crippen MR) is 153 cm³/mol. The molecule has 0 aliphatic carbocycles. The summed E-state index contributed by atoms with van der Waals surface area (Å²) in [6.45, 7) is 2.34. The number of ether oxygens (including phenoxy) is 1. The molecule has 2 aliphatic heterocycles. The van der Waals surface area contributed by atoms with Gasteiger partial charge >= 0.3 is 6.03 Å². The van der Waals surface area contributed by atoms with Crippen LogP contribution in [0.25, 0.3) is 0 Å². The number of rotatable bonds is 9.